The Morgan fingerprint density at radius 3 is 1.94 bits per heavy atom. The lowest BCUT2D eigenvalue weighted by atomic mass is 10.1. The Balaban J connectivity index is 1.31. The van der Waals surface area contributed by atoms with Crippen molar-refractivity contribution in [3.8, 4) is 0 Å². The van der Waals surface area contributed by atoms with E-state index in [2.05, 4.69) is 16.0 Å². The highest BCUT2D eigenvalue weighted by molar-refractivity contribution is 8.00. The summed E-state index contributed by atoms with van der Waals surface area (Å²) < 4.78 is 5.04. The second-order valence-electron chi connectivity index (χ2n) is 10.9. The first-order valence-electron chi connectivity index (χ1n) is 15.7. The SMILES string of the molecule is CCOC(=O)c1ccc(NC(=O)C(Sc2ccc(NC(=O)/C(=C/c3ccccc3C)NC(=O)c3ccccc3)cc2)c2ccccc2)cc1. The van der Waals surface area contributed by atoms with Gasteiger partial charge in [0.05, 0.1) is 12.2 Å². The quantitative estimate of drug-likeness (QED) is 0.0704. The summed E-state index contributed by atoms with van der Waals surface area (Å²) in [7, 11) is 0. The molecule has 0 radical (unpaired) electrons. The monoisotopic (exact) mass is 669 g/mol. The lowest BCUT2D eigenvalue weighted by molar-refractivity contribution is -0.116. The van der Waals surface area contributed by atoms with Gasteiger partial charge in [0, 0.05) is 21.8 Å². The zero-order valence-electron chi connectivity index (χ0n) is 27.0. The molecule has 0 aliphatic heterocycles. The van der Waals surface area contributed by atoms with Crippen LogP contribution in [-0.4, -0.2) is 30.3 Å². The Kier molecular flexibility index (Phi) is 11.8. The van der Waals surface area contributed by atoms with E-state index in [-0.39, 0.29) is 18.2 Å². The van der Waals surface area contributed by atoms with Gasteiger partial charge in [0.2, 0.25) is 5.91 Å². The van der Waals surface area contributed by atoms with E-state index in [0.29, 0.717) is 22.5 Å². The molecule has 3 amide bonds. The molecule has 5 rings (SSSR count). The number of anilines is 2. The maximum absolute atomic E-state index is 13.6. The maximum Gasteiger partial charge on any atom is 0.338 e. The molecule has 0 spiro atoms. The molecule has 0 aliphatic carbocycles. The normalized spacial score (nSPS) is 11.6. The van der Waals surface area contributed by atoms with Crippen LogP contribution < -0.4 is 16.0 Å². The topological polar surface area (TPSA) is 114 Å². The van der Waals surface area contributed by atoms with Gasteiger partial charge in [-0.1, -0.05) is 72.8 Å². The zero-order valence-corrected chi connectivity index (χ0v) is 27.8. The van der Waals surface area contributed by atoms with Crippen molar-refractivity contribution in [2.24, 2.45) is 0 Å². The molecule has 3 N–H and O–H groups in total. The summed E-state index contributed by atoms with van der Waals surface area (Å²) in [6, 6.07) is 39.4. The van der Waals surface area contributed by atoms with E-state index in [0.717, 1.165) is 21.6 Å². The van der Waals surface area contributed by atoms with E-state index >= 15 is 0 Å². The number of rotatable bonds is 12. The van der Waals surface area contributed by atoms with Gasteiger partial charge in [-0.05, 0) is 97.3 Å². The van der Waals surface area contributed by atoms with Crippen LogP contribution in [0.2, 0.25) is 0 Å². The number of carbonyl (C=O) groups is 4. The standard InChI is InChI=1S/C40H35N3O5S/c1-3-48-40(47)30-18-20-32(21-19-30)42-39(46)36(28-13-6-4-7-14-28)49-34-24-22-33(23-25-34)41-38(45)35(26-31-17-11-10-12-27(31)2)43-37(44)29-15-8-5-9-16-29/h4-26,36H,3H2,1-2H3,(H,41,45)(H,42,46)(H,43,44)/b35-26-. The molecule has 246 valence electrons. The van der Waals surface area contributed by atoms with Crippen LogP contribution in [0.25, 0.3) is 6.08 Å². The molecule has 1 atom stereocenters. The summed E-state index contributed by atoms with van der Waals surface area (Å²) in [6.07, 6.45) is 1.66. The first-order valence-corrected chi connectivity index (χ1v) is 16.5. The first kappa shape index (κ1) is 34.4. The smallest absolute Gasteiger partial charge is 0.338 e. The van der Waals surface area contributed by atoms with Crippen LogP contribution >= 0.6 is 11.8 Å². The fourth-order valence-corrected chi connectivity index (χ4v) is 5.84. The minimum atomic E-state index is -0.594. The number of aryl methyl sites for hydroxylation is 1. The fourth-order valence-electron chi connectivity index (χ4n) is 4.81. The Morgan fingerprint density at radius 1 is 0.694 bits per heavy atom. The molecule has 5 aromatic carbocycles. The lowest BCUT2D eigenvalue weighted by Gasteiger charge is -2.18. The number of benzene rings is 5. The summed E-state index contributed by atoms with van der Waals surface area (Å²) in [5.74, 6) is -1.54. The second-order valence-corrected chi connectivity index (χ2v) is 12.1. The Hall–Kier alpha value is -5.93. The Labute approximate surface area is 289 Å². The molecule has 49 heavy (non-hydrogen) atoms. The number of hydrogen-bond donors (Lipinski definition) is 3. The molecule has 0 heterocycles. The van der Waals surface area contributed by atoms with Gasteiger partial charge in [-0.25, -0.2) is 4.79 Å². The molecule has 0 aromatic heterocycles. The Morgan fingerprint density at radius 2 is 1.29 bits per heavy atom. The highest BCUT2D eigenvalue weighted by Gasteiger charge is 2.23. The van der Waals surface area contributed by atoms with Gasteiger partial charge < -0.3 is 20.7 Å². The van der Waals surface area contributed by atoms with E-state index in [4.69, 9.17) is 4.74 Å². The number of amides is 3. The van der Waals surface area contributed by atoms with Crippen LogP contribution in [0.15, 0.2) is 144 Å². The Bertz CT molecular complexity index is 1940. The van der Waals surface area contributed by atoms with Crippen molar-refractivity contribution in [2.75, 3.05) is 17.2 Å². The number of nitrogens with one attached hydrogen (secondary N) is 3. The summed E-state index contributed by atoms with van der Waals surface area (Å²) in [5.41, 5.74) is 4.55. The number of ether oxygens (including phenoxy) is 1. The number of carbonyl (C=O) groups excluding carboxylic acids is 4. The summed E-state index contributed by atoms with van der Waals surface area (Å²) in [5, 5.41) is 8.01. The minimum Gasteiger partial charge on any atom is -0.462 e. The molecule has 0 saturated carbocycles. The average molecular weight is 670 g/mol. The molecule has 0 aliphatic rings. The zero-order chi connectivity index (χ0) is 34.6. The van der Waals surface area contributed by atoms with Crippen LogP contribution in [0.3, 0.4) is 0 Å². The van der Waals surface area contributed by atoms with Crippen molar-refractivity contribution in [2.45, 2.75) is 24.0 Å². The lowest BCUT2D eigenvalue weighted by Crippen LogP contribution is -2.30. The van der Waals surface area contributed by atoms with Crippen LogP contribution in [0.4, 0.5) is 11.4 Å². The first-order chi connectivity index (χ1) is 23.8. The van der Waals surface area contributed by atoms with Crippen molar-refractivity contribution in [1.29, 1.82) is 0 Å². The van der Waals surface area contributed by atoms with Gasteiger partial charge in [-0.2, -0.15) is 0 Å². The van der Waals surface area contributed by atoms with E-state index in [1.54, 1.807) is 73.7 Å². The average Bonchev–Trinajstić information content (AvgIpc) is 3.13. The third kappa shape index (κ3) is 9.56. The molecule has 0 saturated heterocycles. The second kappa shape index (κ2) is 16.8. The minimum absolute atomic E-state index is 0.0951. The highest BCUT2D eigenvalue weighted by atomic mass is 32.2. The largest absolute Gasteiger partial charge is 0.462 e. The van der Waals surface area contributed by atoms with Crippen LogP contribution in [0.1, 0.15) is 49.6 Å². The van der Waals surface area contributed by atoms with Crippen LogP contribution in [-0.2, 0) is 14.3 Å². The fraction of sp³-hybridized carbons (Fsp3) is 0.100. The predicted octanol–water partition coefficient (Wildman–Crippen LogP) is 8.05. The van der Waals surface area contributed by atoms with Crippen molar-refractivity contribution in [3.05, 3.63) is 167 Å². The number of thioether (sulfide) groups is 1. The third-order valence-electron chi connectivity index (χ3n) is 7.39. The summed E-state index contributed by atoms with van der Waals surface area (Å²) in [4.78, 5) is 52.9. The van der Waals surface area contributed by atoms with Crippen LogP contribution in [0.5, 0.6) is 0 Å². The molecule has 9 heteroatoms. The molecular formula is C40H35N3O5S. The van der Waals surface area contributed by atoms with Gasteiger partial charge in [0.15, 0.2) is 0 Å². The van der Waals surface area contributed by atoms with Crippen molar-refractivity contribution >= 4 is 52.9 Å². The van der Waals surface area contributed by atoms with E-state index in [1.165, 1.54) is 11.8 Å². The van der Waals surface area contributed by atoms with Gasteiger partial charge >= 0.3 is 5.97 Å². The molecular weight excluding hydrogens is 635 g/mol. The molecule has 5 aromatic rings. The van der Waals surface area contributed by atoms with Gasteiger partial charge in [-0.15, -0.1) is 11.8 Å². The maximum atomic E-state index is 13.6. The van der Waals surface area contributed by atoms with Crippen molar-refractivity contribution < 1.29 is 23.9 Å². The third-order valence-corrected chi connectivity index (χ3v) is 8.65. The van der Waals surface area contributed by atoms with E-state index in [9.17, 15) is 19.2 Å². The van der Waals surface area contributed by atoms with E-state index in [1.807, 2.05) is 79.7 Å². The van der Waals surface area contributed by atoms with E-state index < -0.39 is 23.0 Å². The number of esters is 1. The summed E-state index contributed by atoms with van der Waals surface area (Å²) >= 11 is 1.36. The summed E-state index contributed by atoms with van der Waals surface area (Å²) in [6.45, 7) is 3.95. The highest BCUT2D eigenvalue weighted by Crippen LogP contribution is 2.37. The van der Waals surface area contributed by atoms with Gasteiger partial charge in [0.25, 0.3) is 11.8 Å². The van der Waals surface area contributed by atoms with Gasteiger partial charge in [-0.3, -0.25) is 14.4 Å². The molecule has 8 nitrogen and oxygen atoms in total. The molecule has 0 bridgehead atoms. The molecule has 0 fully saturated rings. The van der Waals surface area contributed by atoms with Crippen LogP contribution in [0, 0.1) is 6.92 Å². The predicted molar refractivity (Wildman–Crippen MR) is 194 cm³/mol. The van der Waals surface area contributed by atoms with Gasteiger partial charge in [0.1, 0.15) is 10.9 Å². The number of hydrogen-bond acceptors (Lipinski definition) is 6. The molecule has 1 unspecified atom stereocenters. The van der Waals surface area contributed by atoms with Crippen molar-refractivity contribution in [3.63, 3.8) is 0 Å². The van der Waals surface area contributed by atoms with Crippen molar-refractivity contribution in [1.82, 2.24) is 5.32 Å².